The third-order valence-corrected chi connectivity index (χ3v) is 2.38. The van der Waals surface area contributed by atoms with Crippen LogP contribution in [-0.2, 0) is 4.79 Å². The van der Waals surface area contributed by atoms with Crippen LogP contribution in [-0.4, -0.2) is 19.5 Å². The molecule has 1 heterocycles. The van der Waals surface area contributed by atoms with E-state index in [9.17, 15) is 4.79 Å². The van der Waals surface area contributed by atoms with Gasteiger partial charge in [-0.1, -0.05) is 11.6 Å². The summed E-state index contributed by atoms with van der Waals surface area (Å²) in [4.78, 5) is 10.3. The summed E-state index contributed by atoms with van der Waals surface area (Å²) >= 11 is 5.88. The first-order chi connectivity index (χ1) is 7.31. The molecule has 0 bridgehead atoms. The van der Waals surface area contributed by atoms with Crippen molar-refractivity contribution in [2.24, 2.45) is 0 Å². The van der Waals surface area contributed by atoms with E-state index in [1.54, 1.807) is 18.2 Å². The normalized spacial score (nSPS) is 14.9. The van der Waals surface area contributed by atoms with Crippen LogP contribution in [0.25, 0.3) is 5.03 Å². The largest absolute Gasteiger partial charge is 0.486 e. The lowest BCUT2D eigenvalue weighted by atomic mass is 10.2. The number of allylic oxidation sites excluding steroid dienone is 1. The van der Waals surface area contributed by atoms with Gasteiger partial charge in [0.1, 0.15) is 19.5 Å². The maximum absolute atomic E-state index is 10.3. The Morgan fingerprint density at radius 2 is 2.00 bits per heavy atom. The molecule has 0 radical (unpaired) electrons. The fraction of sp³-hybridized carbons (Fsp3) is 0.182. The van der Waals surface area contributed by atoms with Crippen LogP contribution >= 0.6 is 11.6 Å². The van der Waals surface area contributed by atoms with Crippen LogP contribution in [0.4, 0.5) is 0 Å². The van der Waals surface area contributed by atoms with Crippen molar-refractivity contribution in [2.75, 3.05) is 13.2 Å². The Bertz CT molecular complexity index is 412. The van der Waals surface area contributed by atoms with Gasteiger partial charge < -0.3 is 9.47 Å². The molecule has 0 saturated heterocycles. The van der Waals surface area contributed by atoms with Crippen LogP contribution in [0.3, 0.4) is 0 Å². The quantitative estimate of drug-likeness (QED) is 0.571. The standard InChI is InChI=1S/C11H9ClO3/c12-9(3-4-13)8-1-2-10-11(7-8)15-6-5-14-10/h1-4,7H,5-6H2. The monoisotopic (exact) mass is 224 g/mol. The van der Waals surface area contributed by atoms with Gasteiger partial charge in [-0.05, 0) is 29.8 Å². The van der Waals surface area contributed by atoms with Crippen molar-refractivity contribution in [3.8, 4) is 11.5 Å². The summed E-state index contributed by atoms with van der Waals surface area (Å²) in [6, 6.07) is 5.33. The summed E-state index contributed by atoms with van der Waals surface area (Å²) < 4.78 is 10.8. The fourth-order valence-corrected chi connectivity index (χ4v) is 1.52. The second kappa shape index (κ2) is 4.36. The lowest BCUT2D eigenvalue weighted by Crippen LogP contribution is -2.15. The Kier molecular flexibility index (Phi) is 2.92. The second-order valence-electron chi connectivity index (χ2n) is 3.01. The first kappa shape index (κ1) is 10.1. The van der Waals surface area contributed by atoms with Gasteiger partial charge >= 0.3 is 0 Å². The van der Waals surface area contributed by atoms with E-state index in [4.69, 9.17) is 21.1 Å². The van der Waals surface area contributed by atoms with Crippen molar-refractivity contribution in [3.63, 3.8) is 0 Å². The zero-order chi connectivity index (χ0) is 10.7. The summed E-state index contributed by atoms with van der Waals surface area (Å²) in [5.74, 6) is 1.37. The van der Waals surface area contributed by atoms with Gasteiger partial charge in [-0.3, -0.25) is 4.79 Å². The Balaban J connectivity index is 2.35. The van der Waals surface area contributed by atoms with E-state index in [1.165, 1.54) is 6.08 Å². The summed E-state index contributed by atoms with van der Waals surface area (Å²) in [5.41, 5.74) is 0.744. The van der Waals surface area contributed by atoms with E-state index in [0.717, 1.165) is 5.56 Å². The first-order valence-corrected chi connectivity index (χ1v) is 4.90. The molecule has 0 amide bonds. The number of carbonyl (C=O) groups excluding carboxylic acids is 1. The maximum atomic E-state index is 10.3. The molecule has 0 aliphatic carbocycles. The number of halogens is 1. The zero-order valence-corrected chi connectivity index (χ0v) is 8.66. The van der Waals surface area contributed by atoms with Crippen LogP contribution in [0.1, 0.15) is 5.56 Å². The van der Waals surface area contributed by atoms with E-state index in [-0.39, 0.29) is 0 Å². The van der Waals surface area contributed by atoms with Crippen molar-refractivity contribution in [1.29, 1.82) is 0 Å². The molecule has 3 nitrogen and oxygen atoms in total. The fourth-order valence-electron chi connectivity index (χ4n) is 1.35. The number of ether oxygens (including phenoxy) is 2. The van der Waals surface area contributed by atoms with E-state index in [0.29, 0.717) is 36.0 Å². The minimum atomic E-state index is 0.391. The Labute approximate surface area is 92.3 Å². The summed E-state index contributed by atoms with van der Waals surface area (Å²) in [6.07, 6.45) is 1.95. The molecule has 4 heteroatoms. The predicted octanol–water partition coefficient (Wildman–Crippen LogP) is 2.24. The predicted molar refractivity (Wildman–Crippen MR) is 57.3 cm³/mol. The number of hydrogen-bond donors (Lipinski definition) is 0. The molecular formula is C11H9ClO3. The van der Waals surface area contributed by atoms with E-state index in [2.05, 4.69) is 0 Å². The van der Waals surface area contributed by atoms with Crippen LogP contribution in [0, 0.1) is 0 Å². The SMILES string of the molecule is O=CC=C(Cl)c1ccc2c(c1)OCCO2. The van der Waals surface area contributed by atoms with Crippen molar-refractivity contribution in [1.82, 2.24) is 0 Å². The Hall–Kier alpha value is -1.48. The molecule has 78 valence electrons. The van der Waals surface area contributed by atoms with E-state index < -0.39 is 0 Å². The molecule has 1 aromatic rings. The molecule has 1 aliphatic heterocycles. The highest BCUT2D eigenvalue weighted by Crippen LogP contribution is 2.33. The number of hydrogen-bond acceptors (Lipinski definition) is 3. The number of carbonyl (C=O) groups is 1. The lowest BCUT2D eigenvalue weighted by molar-refractivity contribution is -0.104. The summed E-state index contributed by atoms with van der Waals surface area (Å²) in [7, 11) is 0. The average Bonchev–Trinajstić information content (AvgIpc) is 2.29. The summed E-state index contributed by atoms with van der Waals surface area (Å²) in [6.45, 7) is 1.09. The van der Waals surface area contributed by atoms with Gasteiger partial charge in [0, 0.05) is 0 Å². The molecule has 15 heavy (non-hydrogen) atoms. The van der Waals surface area contributed by atoms with E-state index in [1.807, 2.05) is 0 Å². The zero-order valence-electron chi connectivity index (χ0n) is 7.90. The minimum Gasteiger partial charge on any atom is -0.486 e. The molecule has 0 fully saturated rings. The minimum absolute atomic E-state index is 0.391. The third kappa shape index (κ3) is 2.13. The van der Waals surface area contributed by atoms with Gasteiger partial charge in [-0.25, -0.2) is 0 Å². The van der Waals surface area contributed by atoms with Crippen LogP contribution < -0.4 is 9.47 Å². The molecule has 0 atom stereocenters. The van der Waals surface area contributed by atoms with Crippen molar-refractivity contribution in [3.05, 3.63) is 29.8 Å². The van der Waals surface area contributed by atoms with E-state index >= 15 is 0 Å². The lowest BCUT2D eigenvalue weighted by Gasteiger charge is -2.18. The molecule has 0 saturated carbocycles. The van der Waals surface area contributed by atoms with Gasteiger partial charge in [-0.2, -0.15) is 0 Å². The van der Waals surface area contributed by atoms with Crippen LogP contribution in [0.5, 0.6) is 11.5 Å². The van der Waals surface area contributed by atoms with Crippen LogP contribution in [0.15, 0.2) is 24.3 Å². The first-order valence-electron chi connectivity index (χ1n) is 4.52. The maximum Gasteiger partial charge on any atom is 0.162 e. The van der Waals surface area contributed by atoms with Gasteiger partial charge in [0.05, 0.1) is 5.03 Å². The van der Waals surface area contributed by atoms with Crippen LogP contribution in [0.2, 0.25) is 0 Å². The highest BCUT2D eigenvalue weighted by Gasteiger charge is 2.12. The number of aldehydes is 1. The molecule has 0 aromatic heterocycles. The van der Waals surface area contributed by atoms with Gasteiger partial charge in [-0.15, -0.1) is 0 Å². The van der Waals surface area contributed by atoms with Crippen molar-refractivity contribution in [2.45, 2.75) is 0 Å². The molecule has 0 N–H and O–H groups in total. The Morgan fingerprint density at radius 1 is 1.27 bits per heavy atom. The topological polar surface area (TPSA) is 35.5 Å². The van der Waals surface area contributed by atoms with Crippen molar-refractivity contribution < 1.29 is 14.3 Å². The molecule has 1 aliphatic rings. The molecule has 1 aromatic carbocycles. The van der Waals surface area contributed by atoms with Gasteiger partial charge in [0.25, 0.3) is 0 Å². The highest BCUT2D eigenvalue weighted by atomic mass is 35.5. The average molecular weight is 225 g/mol. The number of benzene rings is 1. The molecule has 2 rings (SSSR count). The smallest absolute Gasteiger partial charge is 0.162 e. The second-order valence-corrected chi connectivity index (χ2v) is 3.42. The highest BCUT2D eigenvalue weighted by molar-refractivity contribution is 6.49. The van der Waals surface area contributed by atoms with Crippen molar-refractivity contribution >= 4 is 22.9 Å². The Morgan fingerprint density at radius 3 is 2.73 bits per heavy atom. The number of rotatable bonds is 2. The van der Waals surface area contributed by atoms with Gasteiger partial charge in [0.15, 0.2) is 11.5 Å². The molecular weight excluding hydrogens is 216 g/mol. The summed E-state index contributed by atoms with van der Waals surface area (Å²) in [5, 5.41) is 0.391. The van der Waals surface area contributed by atoms with Gasteiger partial charge in [0.2, 0.25) is 0 Å². The molecule has 0 spiro atoms. The molecule has 0 unspecified atom stereocenters. The third-order valence-electron chi connectivity index (χ3n) is 2.03. The number of fused-ring (bicyclic) bond motifs is 1.